The molecule has 0 unspecified atom stereocenters. The molecule has 0 fully saturated rings. The lowest BCUT2D eigenvalue weighted by molar-refractivity contribution is -0.120. The summed E-state index contributed by atoms with van der Waals surface area (Å²) in [6, 6.07) is 14.0. The normalized spacial score (nSPS) is 11.1. The van der Waals surface area contributed by atoms with Crippen molar-refractivity contribution in [2.24, 2.45) is 5.16 Å². The summed E-state index contributed by atoms with van der Waals surface area (Å²) in [5.41, 5.74) is 2.19. The molecule has 0 heterocycles. The topological polar surface area (TPSA) is 50.7 Å². The average Bonchev–Trinajstić information content (AvgIpc) is 2.50. The van der Waals surface area contributed by atoms with E-state index in [-0.39, 0.29) is 12.5 Å². The standard InChI is InChI=1S/C16H14Cl2N2O2/c1-11(12-2-4-13(17)5-3-12)20-22-10-16(21)19-15-8-6-14(18)7-9-15/h2-9H,10H2,1H3,(H,19,21)/b20-11-. The molecule has 1 amide bonds. The first-order valence-corrected chi connectivity index (χ1v) is 7.28. The third-order valence-electron chi connectivity index (χ3n) is 2.79. The molecule has 2 aromatic rings. The van der Waals surface area contributed by atoms with E-state index in [1.165, 1.54) is 0 Å². The largest absolute Gasteiger partial charge is 0.385 e. The molecule has 0 saturated heterocycles. The molecule has 0 radical (unpaired) electrons. The minimum absolute atomic E-state index is 0.173. The highest BCUT2D eigenvalue weighted by Crippen LogP contribution is 2.13. The Morgan fingerprint density at radius 1 is 1.05 bits per heavy atom. The number of nitrogens with zero attached hydrogens (tertiary/aromatic N) is 1. The van der Waals surface area contributed by atoms with Gasteiger partial charge in [-0.15, -0.1) is 0 Å². The van der Waals surface area contributed by atoms with Crippen molar-refractivity contribution in [3.8, 4) is 0 Å². The predicted octanol–water partition coefficient (Wildman–Crippen LogP) is 4.37. The summed E-state index contributed by atoms with van der Waals surface area (Å²) in [5.74, 6) is -0.296. The van der Waals surface area contributed by atoms with Crippen LogP contribution in [-0.4, -0.2) is 18.2 Å². The van der Waals surface area contributed by atoms with E-state index in [9.17, 15) is 4.79 Å². The number of rotatable bonds is 5. The van der Waals surface area contributed by atoms with Crippen LogP contribution in [0.25, 0.3) is 0 Å². The molecule has 2 aromatic carbocycles. The second-order valence-electron chi connectivity index (χ2n) is 4.51. The predicted molar refractivity (Wildman–Crippen MR) is 89.7 cm³/mol. The van der Waals surface area contributed by atoms with Gasteiger partial charge in [0.25, 0.3) is 5.91 Å². The molecule has 0 aliphatic heterocycles. The van der Waals surface area contributed by atoms with Gasteiger partial charge in [0.05, 0.1) is 5.71 Å². The van der Waals surface area contributed by atoms with Crippen molar-refractivity contribution in [2.45, 2.75) is 6.92 Å². The SMILES string of the molecule is C/C(=N/OCC(=O)Nc1ccc(Cl)cc1)c1ccc(Cl)cc1. The second kappa shape index (κ2) is 7.82. The fraction of sp³-hybridized carbons (Fsp3) is 0.125. The van der Waals surface area contributed by atoms with Gasteiger partial charge in [0.2, 0.25) is 0 Å². The quantitative estimate of drug-likeness (QED) is 0.650. The van der Waals surface area contributed by atoms with Crippen LogP contribution in [0.2, 0.25) is 10.0 Å². The van der Waals surface area contributed by atoms with Crippen LogP contribution < -0.4 is 5.32 Å². The van der Waals surface area contributed by atoms with Gasteiger partial charge in [-0.3, -0.25) is 4.79 Å². The van der Waals surface area contributed by atoms with Crippen LogP contribution in [0.1, 0.15) is 12.5 Å². The number of amides is 1. The maximum Gasteiger partial charge on any atom is 0.265 e. The van der Waals surface area contributed by atoms with Crippen LogP contribution >= 0.6 is 23.2 Å². The van der Waals surface area contributed by atoms with Gasteiger partial charge >= 0.3 is 0 Å². The number of benzene rings is 2. The Balaban J connectivity index is 1.84. The minimum Gasteiger partial charge on any atom is -0.385 e. The third-order valence-corrected chi connectivity index (χ3v) is 3.29. The molecule has 0 bridgehead atoms. The van der Waals surface area contributed by atoms with E-state index in [2.05, 4.69) is 10.5 Å². The lowest BCUT2D eigenvalue weighted by atomic mass is 10.1. The van der Waals surface area contributed by atoms with Gasteiger partial charge in [-0.25, -0.2) is 0 Å². The Kier molecular flexibility index (Phi) is 5.81. The van der Waals surface area contributed by atoms with Gasteiger partial charge in [0.15, 0.2) is 6.61 Å². The Morgan fingerprint density at radius 2 is 1.59 bits per heavy atom. The molecular formula is C16H14Cl2N2O2. The highest BCUT2D eigenvalue weighted by Gasteiger charge is 2.03. The van der Waals surface area contributed by atoms with Crippen LogP contribution in [0.4, 0.5) is 5.69 Å². The van der Waals surface area contributed by atoms with Crippen molar-refractivity contribution < 1.29 is 9.63 Å². The van der Waals surface area contributed by atoms with E-state index in [0.29, 0.717) is 21.4 Å². The summed E-state index contributed by atoms with van der Waals surface area (Å²) in [5, 5.41) is 7.85. The zero-order chi connectivity index (χ0) is 15.9. The lowest BCUT2D eigenvalue weighted by Gasteiger charge is -2.05. The van der Waals surface area contributed by atoms with Crippen molar-refractivity contribution in [1.29, 1.82) is 0 Å². The summed E-state index contributed by atoms with van der Waals surface area (Å²) < 4.78 is 0. The number of hydrogen-bond acceptors (Lipinski definition) is 3. The van der Waals surface area contributed by atoms with Crippen molar-refractivity contribution in [3.63, 3.8) is 0 Å². The van der Waals surface area contributed by atoms with E-state index in [1.807, 2.05) is 12.1 Å². The minimum atomic E-state index is -0.296. The molecule has 0 saturated carbocycles. The summed E-state index contributed by atoms with van der Waals surface area (Å²) in [7, 11) is 0. The first-order chi connectivity index (χ1) is 10.5. The highest BCUT2D eigenvalue weighted by atomic mass is 35.5. The Bertz CT molecular complexity index is 668. The van der Waals surface area contributed by atoms with Crippen LogP contribution in [0.5, 0.6) is 0 Å². The average molecular weight is 337 g/mol. The van der Waals surface area contributed by atoms with E-state index >= 15 is 0 Å². The summed E-state index contributed by atoms with van der Waals surface area (Å²) in [4.78, 5) is 16.8. The molecule has 1 N–H and O–H groups in total. The zero-order valence-corrected chi connectivity index (χ0v) is 13.4. The van der Waals surface area contributed by atoms with E-state index in [1.54, 1.807) is 43.3 Å². The van der Waals surface area contributed by atoms with Crippen molar-refractivity contribution in [3.05, 3.63) is 64.1 Å². The molecule has 0 aromatic heterocycles. The number of carbonyl (C=O) groups excluding carboxylic acids is 1. The lowest BCUT2D eigenvalue weighted by Crippen LogP contribution is -2.17. The van der Waals surface area contributed by atoms with Gasteiger partial charge in [0, 0.05) is 15.7 Å². The maximum absolute atomic E-state index is 11.7. The summed E-state index contributed by atoms with van der Waals surface area (Å²) in [6.45, 7) is 1.62. The fourth-order valence-corrected chi connectivity index (χ4v) is 1.91. The van der Waals surface area contributed by atoms with Gasteiger partial charge in [-0.05, 0) is 48.9 Å². The number of oxime groups is 1. The summed E-state index contributed by atoms with van der Waals surface area (Å²) >= 11 is 11.6. The number of nitrogens with one attached hydrogen (secondary N) is 1. The first kappa shape index (κ1) is 16.3. The van der Waals surface area contributed by atoms with Crippen LogP contribution in [-0.2, 0) is 9.63 Å². The molecule has 0 aliphatic rings. The molecule has 4 nitrogen and oxygen atoms in total. The Labute approximate surface area is 138 Å². The first-order valence-electron chi connectivity index (χ1n) is 6.52. The smallest absolute Gasteiger partial charge is 0.265 e. The number of carbonyl (C=O) groups is 1. The van der Waals surface area contributed by atoms with Crippen molar-refractivity contribution >= 4 is 40.5 Å². The van der Waals surface area contributed by atoms with Crippen molar-refractivity contribution in [1.82, 2.24) is 0 Å². The van der Waals surface area contributed by atoms with Crippen LogP contribution in [0.3, 0.4) is 0 Å². The number of anilines is 1. The Hall–Kier alpha value is -2.04. The van der Waals surface area contributed by atoms with Gasteiger partial charge in [-0.2, -0.15) is 0 Å². The van der Waals surface area contributed by atoms with E-state index in [0.717, 1.165) is 5.56 Å². The van der Waals surface area contributed by atoms with Gasteiger partial charge < -0.3 is 10.2 Å². The van der Waals surface area contributed by atoms with E-state index < -0.39 is 0 Å². The molecule has 2 rings (SSSR count). The monoisotopic (exact) mass is 336 g/mol. The zero-order valence-electron chi connectivity index (χ0n) is 11.8. The van der Waals surface area contributed by atoms with Gasteiger partial charge in [0.1, 0.15) is 0 Å². The van der Waals surface area contributed by atoms with Crippen LogP contribution in [0, 0.1) is 0 Å². The van der Waals surface area contributed by atoms with Crippen LogP contribution in [0.15, 0.2) is 53.7 Å². The van der Waals surface area contributed by atoms with E-state index in [4.69, 9.17) is 28.0 Å². The third kappa shape index (κ3) is 5.06. The second-order valence-corrected chi connectivity index (χ2v) is 5.38. The molecule has 6 heteroatoms. The summed E-state index contributed by atoms with van der Waals surface area (Å²) in [6.07, 6.45) is 0. The maximum atomic E-state index is 11.7. The molecular weight excluding hydrogens is 323 g/mol. The van der Waals surface area contributed by atoms with Gasteiger partial charge in [-0.1, -0.05) is 40.5 Å². The molecule has 0 aliphatic carbocycles. The fourth-order valence-electron chi connectivity index (χ4n) is 1.66. The van der Waals surface area contributed by atoms with Crippen molar-refractivity contribution in [2.75, 3.05) is 11.9 Å². The number of halogens is 2. The molecule has 22 heavy (non-hydrogen) atoms. The highest BCUT2D eigenvalue weighted by molar-refractivity contribution is 6.31. The number of hydrogen-bond donors (Lipinski definition) is 1. The molecule has 114 valence electrons. The molecule has 0 atom stereocenters. The molecule has 0 spiro atoms. The Morgan fingerprint density at radius 3 is 2.18 bits per heavy atom.